The van der Waals surface area contributed by atoms with Gasteiger partial charge >= 0.3 is 5.97 Å². The molecule has 0 aliphatic rings. The van der Waals surface area contributed by atoms with E-state index in [0.717, 1.165) is 12.4 Å². The zero-order valence-electron chi connectivity index (χ0n) is 12.8. The van der Waals surface area contributed by atoms with Crippen molar-refractivity contribution in [1.82, 2.24) is 19.9 Å². The summed E-state index contributed by atoms with van der Waals surface area (Å²) in [7, 11) is 3.70. The van der Waals surface area contributed by atoms with Gasteiger partial charge in [0.1, 0.15) is 6.07 Å². The summed E-state index contributed by atoms with van der Waals surface area (Å²) >= 11 is 0. The Morgan fingerprint density at radius 2 is 1.58 bits per heavy atom. The quantitative estimate of drug-likeness (QED) is 0.751. The fraction of sp³-hybridized carbons (Fsp3) is 0.231. The first-order chi connectivity index (χ1) is 11.5. The summed E-state index contributed by atoms with van der Waals surface area (Å²) in [5.41, 5.74) is 0. The molecule has 2 heterocycles. The van der Waals surface area contributed by atoms with Crippen molar-refractivity contribution >= 4 is 5.97 Å². The van der Waals surface area contributed by atoms with E-state index in [1.165, 1.54) is 21.3 Å². The normalized spacial score (nSPS) is 9.17. The Hall–Kier alpha value is -3.42. The molecular formula is C13H11F2N5O4. The van der Waals surface area contributed by atoms with Gasteiger partial charge in [0, 0.05) is 0 Å². The van der Waals surface area contributed by atoms with Crippen LogP contribution in [0.1, 0.15) is 16.4 Å². The van der Waals surface area contributed by atoms with Crippen molar-refractivity contribution in [2.75, 3.05) is 21.3 Å². The van der Waals surface area contributed by atoms with Crippen molar-refractivity contribution < 1.29 is 27.8 Å². The molecule has 0 saturated carbocycles. The van der Waals surface area contributed by atoms with Crippen LogP contribution in [0.4, 0.5) is 8.78 Å². The maximum Gasteiger partial charge on any atom is 0.376 e. The minimum absolute atomic E-state index is 0.108. The van der Waals surface area contributed by atoms with Gasteiger partial charge < -0.3 is 14.2 Å². The molecule has 0 aromatic carbocycles. The average Bonchev–Trinajstić information content (AvgIpc) is 2.62. The van der Waals surface area contributed by atoms with Gasteiger partial charge in [0.2, 0.25) is 23.3 Å². The zero-order chi connectivity index (χ0) is 18.1. The van der Waals surface area contributed by atoms with E-state index < -0.39 is 17.6 Å². The van der Waals surface area contributed by atoms with E-state index in [1.807, 2.05) is 0 Å². The lowest BCUT2D eigenvalue weighted by atomic mass is 10.5. The standard InChI is InChI=1S/C7H7FN2O3.C6H4FN3O/c1-12-6-4(8)3-9-5(10-6)7(11)13-2;1-11-6-4(7)3-9-5(2-8)10-6/h3H,1-2H3;3H,1H3. The number of nitriles is 1. The predicted molar refractivity (Wildman–Crippen MR) is 73.1 cm³/mol. The maximum atomic E-state index is 12.7. The summed E-state index contributed by atoms with van der Waals surface area (Å²) < 4.78 is 38.7. The molecule has 9 nitrogen and oxygen atoms in total. The van der Waals surface area contributed by atoms with Crippen molar-refractivity contribution in [3.63, 3.8) is 0 Å². The Labute approximate surface area is 134 Å². The highest BCUT2D eigenvalue weighted by atomic mass is 19.1. The SMILES string of the molecule is COC(=O)c1ncc(F)c(OC)n1.COc1nc(C#N)ncc1F. The van der Waals surface area contributed by atoms with Gasteiger partial charge in [-0.1, -0.05) is 0 Å². The highest BCUT2D eigenvalue weighted by Gasteiger charge is 2.13. The van der Waals surface area contributed by atoms with Crippen LogP contribution in [-0.2, 0) is 4.74 Å². The van der Waals surface area contributed by atoms with Crippen LogP contribution < -0.4 is 9.47 Å². The molecule has 0 bridgehead atoms. The second-order valence-electron chi connectivity index (χ2n) is 3.71. The van der Waals surface area contributed by atoms with Crippen molar-refractivity contribution in [2.24, 2.45) is 0 Å². The molecule has 0 atom stereocenters. The number of halogens is 2. The van der Waals surface area contributed by atoms with E-state index in [1.54, 1.807) is 6.07 Å². The number of rotatable bonds is 3. The molecule has 0 aliphatic carbocycles. The minimum atomic E-state index is -0.738. The molecule has 0 amide bonds. The molecular weight excluding hydrogens is 328 g/mol. The zero-order valence-corrected chi connectivity index (χ0v) is 12.8. The summed E-state index contributed by atoms with van der Waals surface area (Å²) in [4.78, 5) is 24.6. The highest BCUT2D eigenvalue weighted by Crippen LogP contribution is 2.11. The second kappa shape index (κ2) is 8.89. The third kappa shape index (κ3) is 4.80. The molecule has 2 aromatic heterocycles. The number of carbonyl (C=O) groups excluding carboxylic acids is 1. The Morgan fingerprint density at radius 1 is 1.04 bits per heavy atom. The van der Waals surface area contributed by atoms with Gasteiger partial charge in [-0.3, -0.25) is 0 Å². The van der Waals surface area contributed by atoms with Gasteiger partial charge in [0.05, 0.1) is 33.7 Å². The fourth-order valence-electron chi connectivity index (χ4n) is 1.23. The number of esters is 1. The minimum Gasteiger partial charge on any atom is -0.479 e. The lowest BCUT2D eigenvalue weighted by molar-refractivity contribution is 0.0585. The first-order valence-corrected chi connectivity index (χ1v) is 6.08. The van der Waals surface area contributed by atoms with Crippen LogP contribution >= 0.6 is 0 Å². The van der Waals surface area contributed by atoms with Gasteiger partial charge in [0.15, 0.2) is 0 Å². The molecule has 24 heavy (non-hydrogen) atoms. The predicted octanol–water partition coefficient (Wildman–Crippen LogP) is 0.907. The van der Waals surface area contributed by atoms with Gasteiger partial charge in [-0.05, 0) is 0 Å². The molecule has 126 valence electrons. The third-order valence-electron chi connectivity index (χ3n) is 2.28. The Balaban J connectivity index is 0.000000243. The number of ether oxygens (including phenoxy) is 3. The summed E-state index contributed by atoms with van der Waals surface area (Å²) in [5.74, 6) is -2.98. The lowest BCUT2D eigenvalue weighted by Crippen LogP contribution is -2.08. The largest absolute Gasteiger partial charge is 0.479 e. The molecule has 0 aliphatic heterocycles. The maximum absolute atomic E-state index is 12.7. The fourth-order valence-corrected chi connectivity index (χ4v) is 1.23. The van der Waals surface area contributed by atoms with E-state index in [-0.39, 0.29) is 23.4 Å². The first kappa shape index (κ1) is 18.6. The molecule has 0 radical (unpaired) electrons. The van der Waals surface area contributed by atoms with Crippen LogP contribution in [0.2, 0.25) is 0 Å². The molecule has 0 N–H and O–H groups in total. The average molecular weight is 339 g/mol. The van der Waals surface area contributed by atoms with Crippen molar-refractivity contribution in [2.45, 2.75) is 0 Å². The molecule has 0 fully saturated rings. The number of nitrogens with zero attached hydrogens (tertiary/aromatic N) is 5. The number of hydrogen-bond donors (Lipinski definition) is 0. The Kier molecular flexibility index (Phi) is 6.90. The van der Waals surface area contributed by atoms with Gasteiger partial charge in [-0.2, -0.15) is 24.0 Å². The lowest BCUT2D eigenvalue weighted by Gasteiger charge is -2.01. The molecule has 0 spiro atoms. The van der Waals surface area contributed by atoms with Crippen molar-refractivity contribution in [3.8, 4) is 17.8 Å². The Morgan fingerprint density at radius 3 is 2.08 bits per heavy atom. The van der Waals surface area contributed by atoms with Crippen molar-refractivity contribution in [3.05, 3.63) is 35.7 Å². The van der Waals surface area contributed by atoms with E-state index in [0.29, 0.717) is 0 Å². The van der Waals surface area contributed by atoms with Gasteiger partial charge in [-0.15, -0.1) is 0 Å². The topological polar surface area (TPSA) is 120 Å². The molecule has 0 unspecified atom stereocenters. The van der Waals surface area contributed by atoms with E-state index in [4.69, 9.17) is 5.26 Å². The first-order valence-electron chi connectivity index (χ1n) is 6.08. The van der Waals surface area contributed by atoms with E-state index in [9.17, 15) is 13.6 Å². The van der Waals surface area contributed by atoms with Crippen LogP contribution in [0.5, 0.6) is 11.8 Å². The monoisotopic (exact) mass is 339 g/mol. The van der Waals surface area contributed by atoms with Crippen LogP contribution in [0.25, 0.3) is 0 Å². The smallest absolute Gasteiger partial charge is 0.376 e. The molecule has 0 saturated heterocycles. The summed E-state index contributed by atoms with van der Waals surface area (Å²) in [6.45, 7) is 0. The summed E-state index contributed by atoms with van der Waals surface area (Å²) in [5, 5.41) is 8.30. The highest BCUT2D eigenvalue weighted by molar-refractivity contribution is 5.84. The van der Waals surface area contributed by atoms with Gasteiger partial charge in [-0.25, -0.2) is 14.8 Å². The summed E-state index contributed by atoms with van der Waals surface area (Å²) in [6, 6.07) is 1.66. The van der Waals surface area contributed by atoms with Crippen LogP contribution in [-0.4, -0.2) is 47.2 Å². The van der Waals surface area contributed by atoms with E-state index >= 15 is 0 Å². The van der Waals surface area contributed by atoms with Crippen LogP contribution in [0.15, 0.2) is 12.4 Å². The Bertz CT molecular complexity index is 767. The summed E-state index contributed by atoms with van der Waals surface area (Å²) in [6.07, 6.45) is 1.74. The van der Waals surface area contributed by atoms with E-state index in [2.05, 4.69) is 34.1 Å². The third-order valence-corrected chi connectivity index (χ3v) is 2.28. The number of hydrogen-bond acceptors (Lipinski definition) is 9. The number of carbonyl (C=O) groups is 1. The van der Waals surface area contributed by atoms with Crippen molar-refractivity contribution in [1.29, 1.82) is 5.26 Å². The van der Waals surface area contributed by atoms with Crippen LogP contribution in [0.3, 0.4) is 0 Å². The molecule has 2 rings (SSSR count). The molecule has 2 aromatic rings. The molecule has 11 heteroatoms. The number of methoxy groups -OCH3 is 3. The number of aromatic nitrogens is 4. The second-order valence-corrected chi connectivity index (χ2v) is 3.71. The van der Waals surface area contributed by atoms with Crippen LogP contribution in [0, 0.1) is 23.0 Å². The van der Waals surface area contributed by atoms with Gasteiger partial charge in [0.25, 0.3) is 11.8 Å².